The van der Waals surface area contributed by atoms with Gasteiger partial charge in [-0.2, -0.15) is 9.78 Å². The second kappa shape index (κ2) is 6.57. The lowest BCUT2D eigenvalue weighted by molar-refractivity contribution is 0.811. The van der Waals surface area contributed by atoms with Crippen LogP contribution in [-0.2, 0) is 0 Å². The molecule has 4 aromatic rings. The van der Waals surface area contributed by atoms with Gasteiger partial charge < -0.3 is 0 Å². The van der Waals surface area contributed by atoms with Crippen molar-refractivity contribution < 1.29 is 0 Å². The Bertz CT molecular complexity index is 1040. The normalized spacial score (nSPS) is 10.6. The van der Waals surface area contributed by atoms with E-state index < -0.39 is 0 Å². The number of nitrogens with zero attached hydrogens (tertiary/aromatic N) is 2. The Labute approximate surface area is 145 Å². The van der Waals surface area contributed by atoms with Crippen LogP contribution in [0.4, 0.5) is 0 Å². The van der Waals surface area contributed by atoms with Gasteiger partial charge in [-0.15, -0.1) is 0 Å². The third kappa shape index (κ3) is 2.88. The van der Waals surface area contributed by atoms with Gasteiger partial charge in [-0.25, -0.2) is 0 Å². The van der Waals surface area contributed by atoms with Crippen molar-refractivity contribution in [2.75, 3.05) is 0 Å². The lowest BCUT2D eigenvalue weighted by Gasteiger charge is -2.12. The van der Waals surface area contributed by atoms with Gasteiger partial charge in [0.05, 0.1) is 17.4 Å². The van der Waals surface area contributed by atoms with E-state index in [1.807, 2.05) is 91.0 Å². The molecule has 25 heavy (non-hydrogen) atoms. The van der Waals surface area contributed by atoms with E-state index in [1.165, 1.54) is 4.68 Å². The average molecular weight is 324 g/mol. The molecule has 4 rings (SSSR count). The predicted octanol–water partition coefficient (Wildman–Crippen LogP) is 4.57. The molecule has 0 aliphatic carbocycles. The third-order valence-electron chi connectivity index (χ3n) is 4.13. The minimum absolute atomic E-state index is 0.126. The van der Waals surface area contributed by atoms with Gasteiger partial charge in [0.2, 0.25) is 0 Å². The lowest BCUT2D eigenvalue weighted by Crippen LogP contribution is -2.23. The van der Waals surface area contributed by atoms with Crippen molar-refractivity contribution in [3.05, 3.63) is 108 Å². The summed E-state index contributed by atoms with van der Waals surface area (Å²) >= 11 is 0. The first-order valence-corrected chi connectivity index (χ1v) is 8.13. The molecule has 3 aromatic carbocycles. The number of hydrogen-bond donors (Lipinski definition) is 0. The summed E-state index contributed by atoms with van der Waals surface area (Å²) in [6.45, 7) is 0. The number of rotatable bonds is 3. The summed E-state index contributed by atoms with van der Waals surface area (Å²) in [6, 6.07) is 29.1. The summed E-state index contributed by atoms with van der Waals surface area (Å²) in [6.07, 6.45) is 1.77. The van der Waals surface area contributed by atoms with Crippen molar-refractivity contribution in [1.29, 1.82) is 0 Å². The van der Waals surface area contributed by atoms with Crippen molar-refractivity contribution in [3.8, 4) is 27.9 Å². The minimum Gasteiger partial charge on any atom is -0.267 e. The predicted molar refractivity (Wildman–Crippen MR) is 101 cm³/mol. The Kier molecular flexibility index (Phi) is 3.97. The number of para-hydroxylation sites is 1. The molecule has 0 atom stereocenters. The zero-order valence-corrected chi connectivity index (χ0v) is 13.5. The molecule has 0 radical (unpaired) electrons. The van der Waals surface area contributed by atoms with Crippen LogP contribution in [0.1, 0.15) is 0 Å². The van der Waals surface area contributed by atoms with Crippen molar-refractivity contribution in [2.24, 2.45) is 0 Å². The van der Waals surface area contributed by atoms with E-state index in [4.69, 9.17) is 0 Å². The van der Waals surface area contributed by atoms with Gasteiger partial charge in [-0.05, 0) is 23.3 Å². The minimum atomic E-state index is -0.126. The summed E-state index contributed by atoms with van der Waals surface area (Å²) in [5.74, 6) is 0. The van der Waals surface area contributed by atoms with Crippen LogP contribution < -0.4 is 5.56 Å². The van der Waals surface area contributed by atoms with E-state index in [9.17, 15) is 4.79 Å². The van der Waals surface area contributed by atoms with Crippen molar-refractivity contribution >= 4 is 0 Å². The molecule has 0 aliphatic heterocycles. The van der Waals surface area contributed by atoms with E-state index in [0.29, 0.717) is 5.56 Å². The topological polar surface area (TPSA) is 34.9 Å². The third-order valence-corrected chi connectivity index (χ3v) is 4.13. The van der Waals surface area contributed by atoms with Crippen LogP contribution in [0.25, 0.3) is 27.9 Å². The Morgan fingerprint density at radius 1 is 0.640 bits per heavy atom. The molecule has 0 N–H and O–H groups in total. The fraction of sp³-hybridized carbons (Fsp3) is 0. The van der Waals surface area contributed by atoms with E-state index in [0.717, 1.165) is 22.4 Å². The highest BCUT2D eigenvalue weighted by Crippen LogP contribution is 2.28. The quantitative estimate of drug-likeness (QED) is 0.553. The van der Waals surface area contributed by atoms with Crippen LogP contribution in [0.3, 0.4) is 0 Å². The molecular weight excluding hydrogens is 308 g/mol. The van der Waals surface area contributed by atoms with Crippen molar-refractivity contribution in [1.82, 2.24) is 9.78 Å². The van der Waals surface area contributed by atoms with E-state index in [2.05, 4.69) is 5.10 Å². The lowest BCUT2D eigenvalue weighted by atomic mass is 9.97. The van der Waals surface area contributed by atoms with Crippen LogP contribution in [0.15, 0.2) is 102 Å². The zero-order chi connectivity index (χ0) is 17.1. The summed E-state index contributed by atoms with van der Waals surface area (Å²) in [4.78, 5) is 13.3. The molecule has 0 unspecified atom stereocenters. The smallest absolute Gasteiger partial charge is 0.267 e. The summed E-state index contributed by atoms with van der Waals surface area (Å²) in [5, 5.41) is 4.42. The Hall–Kier alpha value is -3.46. The van der Waals surface area contributed by atoms with Crippen molar-refractivity contribution in [3.63, 3.8) is 0 Å². The number of benzene rings is 3. The van der Waals surface area contributed by atoms with Gasteiger partial charge in [0.15, 0.2) is 0 Å². The molecule has 3 nitrogen and oxygen atoms in total. The molecule has 0 fully saturated rings. The molecule has 3 heteroatoms. The average Bonchev–Trinajstić information content (AvgIpc) is 2.70. The zero-order valence-electron chi connectivity index (χ0n) is 13.5. The van der Waals surface area contributed by atoms with Crippen LogP contribution in [-0.4, -0.2) is 9.78 Å². The Morgan fingerprint density at radius 3 is 1.76 bits per heavy atom. The number of hydrogen-bond acceptors (Lipinski definition) is 2. The molecule has 1 aromatic heterocycles. The monoisotopic (exact) mass is 324 g/mol. The van der Waals surface area contributed by atoms with Crippen molar-refractivity contribution in [2.45, 2.75) is 0 Å². The second-order valence-electron chi connectivity index (χ2n) is 5.72. The Morgan fingerprint density at radius 2 is 1.16 bits per heavy atom. The molecule has 0 spiro atoms. The van der Waals surface area contributed by atoms with E-state index in [-0.39, 0.29) is 5.56 Å². The van der Waals surface area contributed by atoms with Gasteiger partial charge in [-0.3, -0.25) is 4.79 Å². The van der Waals surface area contributed by atoms with E-state index in [1.54, 1.807) is 6.20 Å². The molecule has 0 saturated heterocycles. The van der Waals surface area contributed by atoms with Crippen LogP contribution in [0.2, 0.25) is 0 Å². The maximum absolute atomic E-state index is 13.3. The molecule has 120 valence electrons. The molecule has 0 bridgehead atoms. The second-order valence-corrected chi connectivity index (χ2v) is 5.72. The largest absolute Gasteiger partial charge is 0.279 e. The van der Waals surface area contributed by atoms with Crippen LogP contribution in [0.5, 0.6) is 0 Å². The summed E-state index contributed by atoms with van der Waals surface area (Å²) < 4.78 is 1.45. The molecule has 0 amide bonds. The van der Waals surface area contributed by atoms with Gasteiger partial charge in [-0.1, -0.05) is 78.9 Å². The number of aromatic nitrogens is 2. The highest BCUT2D eigenvalue weighted by molar-refractivity contribution is 5.82. The fourth-order valence-electron chi connectivity index (χ4n) is 2.93. The molecular formula is C22H16N2O. The van der Waals surface area contributed by atoms with Gasteiger partial charge >= 0.3 is 0 Å². The molecule has 0 saturated carbocycles. The van der Waals surface area contributed by atoms with Crippen LogP contribution in [0, 0.1) is 0 Å². The van der Waals surface area contributed by atoms with Crippen LogP contribution >= 0.6 is 0 Å². The maximum Gasteiger partial charge on any atom is 0.279 e. The Balaban J connectivity index is 2.01. The first-order valence-electron chi connectivity index (χ1n) is 8.13. The SMILES string of the molecule is O=c1c(-c2ccccc2)c(-c2ccccc2)cnn1-c1ccccc1. The standard InChI is InChI=1S/C22H16N2O/c25-22-21(18-12-6-2-7-13-18)20(17-10-4-1-5-11-17)16-23-24(22)19-14-8-3-9-15-19/h1-16H. The van der Waals surface area contributed by atoms with Gasteiger partial charge in [0.1, 0.15) is 0 Å². The van der Waals surface area contributed by atoms with Gasteiger partial charge in [0, 0.05) is 5.56 Å². The summed E-state index contributed by atoms with van der Waals surface area (Å²) in [7, 11) is 0. The summed E-state index contributed by atoms with van der Waals surface area (Å²) in [5.41, 5.74) is 3.99. The fourth-order valence-corrected chi connectivity index (χ4v) is 2.93. The van der Waals surface area contributed by atoms with Gasteiger partial charge in [0.25, 0.3) is 5.56 Å². The first kappa shape index (κ1) is 15.1. The highest BCUT2D eigenvalue weighted by atomic mass is 16.1. The first-order chi connectivity index (χ1) is 12.3. The highest BCUT2D eigenvalue weighted by Gasteiger charge is 2.15. The van der Waals surface area contributed by atoms with E-state index >= 15 is 0 Å². The maximum atomic E-state index is 13.3. The molecule has 1 heterocycles. The molecule has 0 aliphatic rings.